The number of aromatic amines is 1. The third-order valence-electron chi connectivity index (χ3n) is 3.76. The zero-order chi connectivity index (χ0) is 18.1. The molecule has 26 heavy (non-hydrogen) atoms. The van der Waals surface area contributed by atoms with Crippen molar-refractivity contribution in [2.45, 2.75) is 39.7 Å². The number of nitrogens with one attached hydrogen (secondary N) is 4. The van der Waals surface area contributed by atoms with Crippen molar-refractivity contribution >= 4 is 46.7 Å². The van der Waals surface area contributed by atoms with E-state index >= 15 is 0 Å². The Morgan fingerprint density at radius 1 is 1.23 bits per heavy atom. The molecule has 1 aromatic carbocycles. The van der Waals surface area contributed by atoms with Gasteiger partial charge < -0.3 is 20.9 Å². The molecule has 0 fully saturated rings. The molecular formula is C19H30IN5O. The van der Waals surface area contributed by atoms with Gasteiger partial charge in [-0.05, 0) is 38.8 Å². The van der Waals surface area contributed by atoms with Crippen LogP contribution in [0.1, 0.15) is 32.8 Å². The van der Waals surface area contributed by atoms with Crippen molar-refractivity contribution in [2.24, 2.45) is 4.99 Å². The summed E-state index contributed by atoms with van der Waals surface area (Å²) < 4.78 is 0. The molecule has 0 aliphatic rings. The maximum Gasteiger partial charge on any atom is 0.222 e. The number of guanidine groups is 1. The summed E-state index contributed by atoms with van der Waals surface area (Å²) >= 11 is 0. The average molecular weight is 471 g/mol. The predicted molar refractivity (Wildman–Crippen MR) is 119 cm³/mol. The van der Waals surface area contributed by atoms with Crippen molar-refractivity contribution in [1.82, 2.24) is 20.9 Å². The highest BCUT2D eigenvalue weighted by molar-refractivity contribution is 14.0. The van der Waals surface area contributed by atoms with Crippen molar-refractivity contribution in [1.29, 1.82) is 0 Å². The number of para-hydroxylation sites is 1. The predicted octanol–water partition coefficient (Wildman–Crippen LogP) is 2.80. The quantitative estimate of drug-likeness (QED) is 0.272. The molecule has 0 unspecified atom stereocenters. The summed E-state index contributed by atoms with van der Waals surface area (Å²) in [6.07, 6.45) is 3.37. The molecule has 0 radical (unpaired) electrons. The SMILES string of the molecule is CCNC(=NCCC(=O)NC(C)C)NCCc1c[nH]c2ccccc12.I. The van der Waals surface area contributed by atoms with E-state index in [4.69, 9.17) is 0 Å². The molecule has 2 rings (SSSR count). The smallest absolute Gasteiger partial charge is 0.222 e. The molecule has 7 heteroatoms. The molecule has 1 heterocycles. The third kappa shape index (κ3) is 7.23. The lowest BCUT2D eigenvalue weighted by atomic mass is 10.1. The molecule has 1 aromatic heterocycles. The number of benzene rings is 1. The van der Waals surface area contributed by atoms with Gasteiger partial charge in [0, 0.05) is 42.7 Å². The molecule has 1 amide bonds. The van der Waals surface area contributed by atoms with Crippen molar-refractivity contribution < 1.29 is 4.79 Å². The number of amides is 1. The fraction of sp³-hybridized carbons (Fsp3) is 0.474. The first-order chi connectivity index (χ1) is 12.1. The van der Waals surface area contributed by atoms with Gasteiger partial charge >= 0.3 is 0 Å². The Kier molecular flexibility index (Phi) is 10.1. The van der Waals surface area contributed by atoms with Gasteiger partial charge in [0.05, 0.1) is 6.54 Å². The highest BCUT2D eigenvalue weighted by atomic mass is 127. The van der Waals surface area contributed by atoms with E-state index in [-0.39, 0.29) is 35.9 Å². The Bertz CT molecular complexity index is 711. The van der Waals surface area contributed by atoms with E-state index in [1.807, 2.05) is 26.8 Å². The van der Waals surface area contributed by atoms with E-state index in [0.29, 0.717) is 13.0 Å². The minimum Gasteiger partial charge on any atom is -0.361 e. The molecule has 0 saturated carbocycles. The molecule has 0 aliphatic carbocycles. The summed E-state index contributed by atoms with van der Waals surface area (Å²) in [5, 5.41) is 10.7. The van der Waals surface area contributed by atoms with Crippen molar-refractivity contribution in [2.75, 3.05) is 19.6 Å². The Morgan fingerprint density at radius 2 is 2.00 bits per heavy atom. The number of carbonyl (C=O) groups is 1. The van der Waals surface area contributed by atoms with Crippen molar-refractivity contribution in [3.63, 3.8) is 0 Å². The Morgan fingerprint density at radius 3 is 2.73 bits per heavy atom. The number of halogens is 1. The van der Waals surface area contributed by atoms with Crippen LogP contribution in [0.5, 0.6) is 0 Å². The summed E-state index contributed by atoms with van der Waals surface area (Å²) in [5.41, 5.74) is 2.45. The second kappa shape index (κ2) is 11.8. The van der Waals surface area contributed by atoms with E-state index in [1.165, 1.54) is 10.9 Å². The first-order valence-electron chi connectivity index (χ1n) is 8.96. The second-order valence-electron chi connectivity index (χ2n) is 6.27. The minimum absolute atomic E-state index is 0. The van der Waals surface area contributed by atoms with Gasteiger partial charge in [0.2, 0.25) is 5.91 Å². The number of carbonyl (C=O) groups excluding carboxylic acids is 1. The van der Waals surface area contributed by atoms with Gasteiger partial charge in [0.25, 0.3) is 0 Å². The molecule has 0 bridgehead atoms. The van der Waals surface area contributed by atoms with Crippen LogP contribution in [-0.2, 0) is 11.2 Å². The van der Waals surface area contributed by atoms with Crippen LogP contribution < -0.4 is 16.0 Å². The number of hydrogen-bond acceptors (Lipinski definition) is 2. The zero-order valence-electron chi connectivity index (χ0n) is 15.8. The van der Waals surface area contributed by atoms with Crippen LogP contribution in [0, 0.1) is 0 Å². The number of aromatic nitrogens is 1. The van der Waals surface area contributed by atoms with E-state index < -0.39 is 0 Å². The van der Waals surface area contributed by atoms with Crippen LogP contribution in [0.4, 0.5) is 0 Å². The van der Waals surface area contributed by atoms with E-state index in [2.05, 4.69) is 50.3 Å². The highest BCUT2D eigenvalue weighted by Gasteiger charge is 2.05. The largest absolute Gasteiger partial charge is 0.361 e. The van der Waals surface area contributed by atoms with Gasteiger partial charge in [-0.1, -0.05) is 18.2 Å². The lowest BCUT2D eigenvalue weighted by molar-refractivity contribution is -0.121. The standard InChI is InChI=1S/C19H29N5O.HI/c1-4-20-19(22-12-10-18(25)24-14(2)3)21-11-9-15-13-23-17-8-6-5-7-16(15)17;/h5-8,13-14,23H,4,9-12H2,1-3H3,(H,24,25)(H2,20,21,22);1H. The maximum absolute atomic E-state index is 11.7. The molecule has 0 atom stereocenters. The fourth-order valence-electron chi connectivity index (χ4n) is 2.66. The molecule has 2 aromatic rings. The molecule has 6 nitrogen and oxygen atoms in total. The highest BCUT2D eigenvalue weighted by Crippen LogP contribution is 2.17. The minimum atomic E-state index is 0. The fourth-order valence-corrected chi connectivity index (χ4v) is 2.66. The topological polar surface area (TPSA) is 81.3 Å². The van der Waals surface area contributed by atoms with Gasteiger partial charge in [-0.3, -0.25) is 9.79 Å². The second-order valence-corrected chi connectivity index (χ2v) is 6.27. The number of fused-ring (bicyclic) bond motifs is 1. The first kappa shape index (κ1) is 22.3. The summed E-state index contributed by atoms with van der Waals surface area (Å²) in [6.45, 7) is 7.99. The molecule has 144 valence electrons. The Hall–Kier alpha value is -1.77. The molecule has 0 spiro atoms. The summed E-state index contributed by atoms with van der Waals surface area (Å²) in [7, 11) is 0. The maximum atomic E-state index is 11.7. The van der Waals surface area contributed by atoms with Crippen LogP contribution >= 0.6 is 24.0 Å². The van der Waals surface area contributed by atoms with Crippen molar-refractivity contribution in [3.8, 4) is 0 Å². The number of rotatable bonds is 8. The lowest BCUT2D eigenvalue weighted by Crippen LogP contribution is -2.38. The van der Waals surface area contributed by atoms with Crippen LogP contribution in [-0.4, -0.2) is 42.5 Å². The van der Waals surface area contributed by atoms with Gasteiger partial charge in [-0.2, -0.15) is 0 Å². The van der Waals surface area contributed by atoms with E-state index in [9.17, 15) is 4.79 Å². The van der Waals surface area contributed by atoms with Crippen LogP contribution in [0.3, 0.4) is 0 Å². The molecular weight excluding hydrogens is 441 g/mol. The number of H-pyrrole nitrogens is 1. The molecule has 0 aliphatic heterocycles. The van der Waals surface area contributed by atoms with Gasteiger partial charge in [0.1, 0.15) is 0 Å². The summed E-state index contributed by atoms with van der Waals surface area (Å²) in [6, 6.07) is 8.47. The number of hydrogen-bond donors (Lipinski definition) is 4. The zero-order valence-corrected chi connectivity index (χ0v) is 18.1. The van der Waals surface area contributed by atoms with Gasteiger partial charge in [-0.15, -0.1) is 24.0 Å². The summed E-state index contributed by atoms with van der Waals surface area (Å²) in [4.78, 5) is 19.4. The monoisotopic (exact) mass is 471 g/mol. The van der Waals surface area contributed by atoms with Crippen LogP contribution in [0.2, 0.25) is 0 Å². The normalized spacial score (nSPS) is 11.3. The number of aliphatic imine (C=N–C) groups is 1. The summed E-state index contributed by atoms with van der Waals surface area (Å²) in [5.74, 6) is 0.785. The Balaban J connectivity index is 0.00000338. The third-order valence-corrected chi connectivity index (χ3v) is 3.76. The first-order valence-corrected chi connectivity index (χ1v) is 8.96. The molecule has 4 N–H and O–H groups in total. The lowest BCUT2D eigenvalue weighted by Gasteiger charge is -2.11. The van der Waals surface area contributed by atoms with Gasteiger partial charge in [-0.25, -0.2) is 0 Å². The Labute approximate surface area is 172 Å². The number of nitrogens with zero attached hydrogens (tertiary/aromatic N) is 1. The van der Waals surface area contributed by atoms with E-state index in [0.717, 1.165) is 31.0 Å². The van der Waals surface area contributed by atoms with Gasteiger partial charge in [0.15, 0.2) is 5.96 Å². The van der Waals surface area contributed by atoms with Crippen molar-refractivity contribution in [3.05, 3.63) is 36.0 Å². The van der Waals surface area contributed by atoms with E-state index in [1.54, 1.807) is 0 Å². The van der Waals surface area contributed by atoms with Crippen LogP contribution in [0.15, 0.2) is 35.5 Å². The molecule has 0 saturated heterocycles. The van der Waals surface area contributed by atoms with Crippen LogP contribution in [0.25, 0.3) is 10.9 Å². The average Bonchev–Trinajstić information content (AvgIpc) is 2.97.